The number of hydrogen-bond donors (Lipinski definition) is 0. The largest absolute Gasteiger partial charge is 0.434 e. The van der Waals surface area contributed by atoms with Gasteiger partial charge in [-0.15, -0.1) is 0 Å². The minimum atomic E-state index is -0.522. The average Bonchev–Trinajstić information content (AvgIpc) is 2.84. The molecule has 0 unspecified atom stereocenters. The van der Waals surface area contributed by atoms with Gasteiger partial charge in [0.15, 0.2) is 0 Å². The number of hydrogen-bond acceptors (Lipinski definition) is 7. The van der Waals surface area contributed by atoms with Crippen LogP contribution in [0.4, 0.5) is 17.3 Å². The predicted octanol–water partition coefficient (Wildman–Crippen LogP) is 5.47. The van der Waals surface area contributed by atoms with Crippen LogP contribution in [0.2, 0.25) is 0 Å². The third kappa shape index (κ3) is 4.70. The van der Waals surface area contributed by atoms with Crippen molar-refractivity contribution >= 4 is 17.3 Å². The highest BCUT2D eigenvalue weighted by molar-refractivity contribution is 5.69. The van der Waals surface area contributed by atoms with Crippen molar-refractivity contribution in [2.75, 3.05) is 4.90 Å². The van der Waals surface area contributed by atoms with Gasteiger partial charge in [-0.25, -0.2) is 9.97 Å². The normalized spacial score (nSPS) is 10.5. The first-order valence-electron chi connectivity index (χ1n) is 10.1. The van der Waals surface area contributed by atoms with Gasteiger partial charge < -0.3 is 9.64 Å². The van der Waals surface area contributed by atoms with Crippen LogP contribution in [0.1, 0.15) is 18.1 Å². The minimum Gasteiger partial charge on any atom is -0.434 e. The van der Waals surface area contributed by atoms with Gasteiger partial charge in [0.1, 0.15) is 17.9 Å². The summed E-state index contributed by atoms with van der Waals surface area (Å²) in [7, 11) is 0. The van der Waals surface area contributed by atoms with E-state index in [-0.39, 0.29) is 17.4 Å². The van der Waals surface area contributed by atoms with Crippen LogP contribution in [0.5, 0.6) is 11.6 Å². The van der Waals surface area contributed by atoms with Gasteiger partial charge in [-0.2, -0.15) is 4.98 Å². The molecular formula is C24H21N5O3. The monoisotopic (exact) mass is 427 g/mol. The molecule has 2 aromatic heterocycles. The Kier molecular flexibility index (Phi) is 6.31. The molecule has 0 saturated carbocycles. The van der Waals surface area contributed by atoms with Crippen LogP contribution in [0.25, 0.3) is 0 Å². The fourth-order valence-corrected chi connectivity index (χ4v) is 3.23. The van der Waals surface area contributed by atoms with Gasteiger partial charge >= 0.3 is 11.6 Å². The number of rotatable bonds is 8. The van der Waals surface area contributed by atoms with Crippen molar-refractivity contribution in [2.24, 2.45) is 0 Å². The molecule has 0 atom stereocenters. The van der Waals surface area contributed by atoms with Gasteiger partial charge in [0.2, 0.25) is 5.82 Å². The van der Waals surface area contributed by atoms with Crippen molar-refractivity contribution in [1.29, 1.82) is 0 Å². The predicted molar refractivity (Wildman–Crippen MR) is 121 cm³/mol. The standard InChI is InChI=1S/C24H21N5O3/c1-2-18-11-13-20(14-12-18)32-24-22(29(30)31)23(26-17-27-24)28(21-10-6-7-15-25-21)16-19-8-4-3-5-9-19/h3-15,17H,2,16H2,1H3. The Balaban J connectivity index is 1.78. The van der Waals surface area contributed by atoms with Gasteiger partial charge in [-0.1, -0.05) is 55.5 Å². The summed E-state index contributed by atoms with van der Waals surface area (Å²) < 4.78 is 5.81. The van der Waals surface area contributed by atoms with E-state index in [1.165, 1.54) is 6.33 Å². The van der Waals surface area contributed by atoms with Gasteiger partial charge in [0.25, 0.3) is 0 Å². The molecule has 0 bridgehead atoms. The number of aryl methyl sites for hydroxylation is 1. The maximum atomic E-state index is 12.1. The number of benzene rings is 2. The zero-order valence-electron chi connectivity index (χ0n) is 17.5. The van der Waals surface area contributed by atoms with Crippen LogP contribution < -0.4 is 9.64 Å². The first kappa shape index (κ1) is 20.9. The molecule has 4 rings (SSSR count). The second-order valence-corrected chi connectivity index (χ2v) is 6.97. The van der Waals surface area contributed by atoms with E-state index in [1.54, 1.807) is 35.4 Å². The maximum Gasteiger partial charge on any atom is 0.373 e. The molecule has 8 heteroatoms. The Bertz CT molecular complexity index is 1190. The molecule has 2 heterocycles. The number of pyridine rings is 1. The summed E-state index contributed by atoms with van der Waals surface area (Å²) in [5, 5.41) is 12.1. The number of anilines is 2. The molecule has 0 amide bonds. The van der Waals surface area contributed by atoms with E-state index in [0.29, 0.717) is 18.1 Å². The van der Waals surface area contributed by atoms with Crippen LogP contribution in [0.15, 0.2) is 85.3 Å². The third-order valence-corrected chi connectivity index (χ3v) is 4.86. The summed E-state index contributed by atoms with van der Waals surface area (Å²) in [6, 6.07) is 22.4. The number of aromatic nitrogens is 3. The van der Waals surface area contributed by atoms with Gasteiger partial charge in [0.05, 0.1) is 11.5 Å². The van der Waals surface area contributed by atoms with E-state index in [1.807, 2.05) is 48.5 Å². The maximum absolute atomic E-state index is 12.1. The zero-order chi connectivity index (χ0) is 22.3. The van der Waals surface area contributed by atoms with Crippen molar-refractivity contribution in [3.05, 3.63) is 107 Å². The highest BCUT2D eigenvalue weighted by Gasteiger charge is 2.30. The lowest BCUT2D eigenvalue weighted by molar-refractivity contribution is -0.385. The fraction of sp³-hybridized carbons (Fsp3) is 0.125. The Morgan fingerprint density at radius 3 is 2.31 bits per heavy atom. The first-order valence-corrected chi connectivity index (χ1v) is 10.1. The molecule has 160 valence electrons. The van der Waals surface area contributed by atoms with E-state index in [0.717, 1.165) is 17.5 Å². The molecule has 0 aliphatic carbocycles. The quantitative estimate of drug-likeness (QED) is 0.272. The SMILES string of the molecule is CCc1ccc(Oc2ncnc(N(Cc3ccccc3)c3ccccn3)c2[N+](=O)[O-])cc1. The van der Waals surface area contributed by atoms with E-state index >= 15 is 0 Å². The van der Waals surface area contributed by atoms with E-state index in [9.17, 15) is 10.1 Å². The molecule has 32 heavy (non-hydrogen) atoms. The molecule has 0 spiro atoms. The lowest BCUT2D eigenvalue weighted by Crippen LogP contribution is -2.20. The minimum absolute atomic E-state index is 0.104. The van der Waals surface area contributed by atoms with Crippen molar-refractivity contribution in [2.45, 2.75) is 19.9 Å². The topological polar surface area (TPSA) is 94.3 Å². The Morgan fingerprint density at radius 2 is 1.66 bits per heavy atom. The Labute approximate surface area is 185 Å². The Hall–Kier alpha value is -4.33. The van der Waals surface area contributed by atoms with Crippen molar-refractivity contribution in [3.8, 4) is 11.6 Å². The summed E-state index contributed by atoms with van der Waals surface area (Å²) in [5.74, 6) is 0.963. The van der Waals surface area contributed by atoms with E-state index in [4.69, 9.17) is 4.74 Å². The van der Waals surface area contributed by atoms with Crippen LogP contribution in [0.3, 0.4) is 0 Å². The average molecular weight is 427 g/mol. The molecule has 0 aliphatic heterocycles. The lowest BCUT2D eigenvalue weighted by Gasteiger charge is -2.22. The second-order valence-electron chi connectivity index (χ2n) is 6.97. The lowest BCUT2D eigenvalue weighted by atomic mass is 10.2. The summed E-state index contributed by atoms with van der Waals surface area (Å²) >= 11 is 0. The molecule has 4 aromatic rings. The second kappa shape index (κ2) is 9.65. The van der Waals surface area contributed by atoms with Crippen LogP contribution in [-0.2, 0) is 13.0 Å². The molecule has 0 aliphatic rings. The highest BCUT2D eigenvalue weighted by atomic mass is 16.6. The number of nitrogens with zero attached hydrogens (tertiary/aromatic N) is 5. The summed E-state index contributed by atoms with van der Waals surface area (Å²) in [4.78, 5) is 26.0. The van der Waals surface area contributed by atoms with E-state index < -0.39 is 4.92 Å². The Morgan fingerprint density at radius 1 is 0.906 bits per heavy atom. The molecular weight excluding hydrogens is 406 g/mol. The van der Waals surface area contributed by atoms with Crippen molar-refractivity contribution in [1.82, 2.24) is 15.0 Å². The molecule has 8 nitrogen and oxygen atoms in total. The highest BCUT2D eigenvalue weighted by Crippen LogP contribution is 2.39. The molecule has 0 saturated heterocycles. The smallest absolute Gasteiger partial charge is 0.373 e. The summed E-state index contributed by atoms with van der Waals surface area (Å²) in [6.45, 7) is 2.39. The first-order chi connectivity index (χ1) is 15.7. The van der Waals surface area contributed by atoms with Crippen LogP contribution in [0, 0.1) is 10.1 Å². The van der Waals surface area contributed by atoms with Crippen LogP contribution >= 0.6 is 0 Å². The molecule has 0 N–H and O–H groups in total. The van der Waals surface area contributed by atoms with Gasteiger partial charge in [-0.3, -0.25) is 10.1 Å². The number of ether oxygens (including phenoxy) is 1. The van der Waals surface area contributed by atoms with E-state index in [2.05, 4.69) is 21.9 Å². The molecule has 2 aromatic carbocycles. The summed E-state index contributed by atoms with van der Waals surface area (Å²) in [5.41, 5.74) is 1.76. The number of nitro groups is 1. The van der Waals surface area contributed by atoms with Crippen molar-refractivity contribution < 1.29 is 9.66 Å². The van der Waals surface area contributed by atoms with Gasteiger partial charge in [0, 0.05) is 6.20 Å². The van der Waals surface area contributed by atoms with Crippen molar-refractivity contribution in [3.63, 3.8) is 0 Å². The zero-order valence-corrected chi connectivity index (χ0v) is 17.5. The fourth-order valence-electron chi connectivity index (χ4n) is 3.23. The van der Waals surface area contributed by atoms with Gasteiger partial charge in [-0.05, 0) is 41.8 Å². The molecule has 0 radical (unpaired) electrons. The third-order valence-electron chi connectivity index (χ3n) is 4.86. The summed E-state index contributed by atoms with van der Waals surface area (Å²) in [6.07, 6.45) is 3.78. The molecule has 0 fully saturated rings. The van der Waals surface area contributed by atoms with Crippen LogP contribution in [-0.4, -0.2) is 19.9 Å².